The van der Waals surface area contributed by atoms with Crippen molar-refractivity contribution in [3.8, 4) is 0 Å². The van der Waals surface area contributed by atoms with Gasteiger partial charge in [0.15, 0.2) is 5.16 Å². The van der Waals surface area contributed by atoms with Crippen LogP contribution < -0.4 is 16.3 Å². The number of hydrogen-bond donors (Lipinski definition) is 2. The zero-order valence-electron chi connectivity index (χ0n) is 10.2. The van der Waals surface area contributed by atoms with E-state index < -0.39 is 0 Å². The van der Waals surface area contributed by atoms with Gasteiger partial charge < -0.3 is 10.7 Å². The molecule has 18 heavy (non-hydrogen) atoms. The number of rotatable bonds is 3. The van der Waals surface area contributed by atoms with E-state index in [0.717, 1.165) is 11.4 Å². The number of nitrogens with one attached hydrogen (secondary N) is 2. The number of aromatic amines is 2. The van der Waals surface area contributed by atoms with Gasteiger partial charge in [0.25, 0.3) is 11.4 Å². The summed E-state index contributed by atoms with van der Waals surface area (Å²) in [5, 5.41) is 0.583. The smallest absolute Gasteiger partial charge is 0.295 e. The maximum Gasteiger partial charge on any atom is 0.295 e. The normalized spacial score (nSPS) is 10.6. The van der Waals surface area contributed by atoms with E-state index in [9.17, 15) is 4.79 Å². The van der Waals surface area contributed by atoms with Crippen LogP contribution in [-0.4, -0.2) is 15.0 Å². The second-order valence-corrected chi connectivity index (χ2v) is 4.84. The summed E-state index contributed by atoms with van der Waals surface area (Å²) in [5.41, 5.74) is 7.24. The molecular weight excluding hydrogens is 250 g/mol. The molecule has 0 saturated carbocycles. The molecule has 0 aliphatic rings. The number of hydrogen-bond acceptors (Lipinski definition) is 5. The van der Waals surface area contributed by atoms with Crippen molar-refractivity contribution < 1.29 is 4.98 Å². The predicted molar refractivity (Wildman–Crippen MR) is 69.1 cm³/mol. The second kappa shape index (κ2) is 5.18. The molecule has 6 nitrogen and oxygen atoms in total. The van der Waals surface area contributed by atoms with Crippen molar-refractivity contribution in [2.45, 2.75) is 24.8 Å². The number of nitrogens with zero attached hydrogens (tertiary/aromatic N) is 2. The van der Waals surface area contributed by atoms with Gasteiger partial charge in [0.05, 0.1) is 11.8 Å². The SMILES string of the molecule is Cc1cc(=O)[nH]c(SCc2c[nH+]c(C)nc2N)n1. The van der Waals surface area contributed by atoms with Gasteiger partial charge in [-0.1, -0.05) is 11.8 Å². The lowest BCUT2D eigenvalue weighted by Crippen LogP contribution is -2.14. The fourth-order valence-electron chi connectivity index (χ4n) is 1.43. The number of nitrogen functional groups attached to an aromatic ring is 1. The third-order valence-electron chi connectivity index (χ3n) is 2.28. The average molecular weight is 264 g/mol. The van der Waals surface area contributed by atoms with E-state index in [-0.39, 0.29) is 5.56 Å². The molecule has 0 bridgehead atoms. The van der Waals surface area contributed by atoms with Gasteiger partial charge in [0, 0.05) is 24.4 Å². The fourth-order valence-corrected chi connectivity index (χ4v) is 2.34. The Bertz CT molecular complexity index is 625. The van der Waals surface area contributed by atoms with Crippen LogP contribution in [0.1, 0.15) is 17.1 Å². The molecule has 4 N–H and O–H groups in total. The highest BCUT2D eigenvalue weighted by molar-refractivity contribution is 7.98. The molecule has 0 aliphatic carbocycles. The summed E-state index contributed by atoms with van der Waals surface area (Å²) in [6.07, 6.45) is 1.82. The first-order chi connectivity index (χ1) is 8.54. The second-order valence-electron chi connectivity index (χ2n) is 3.88. The molecule has 0 amide bonds. The molecule has 0 unspecified atom stereocenters. The molecule has 0 aliphatic heterocycles. The molecule has 0 atom stereocenters. The quantitative estimate of drug-likeness (QED) is 0.620. The van der Waals surface area contributed by atoms with Crippen molar-refractivity contribution >= 4 is 17.6 Å². The first-order valence-corrected chi connectivity index (χ1v) is 6.37. The molecule has 0 spiro atoms. The Morgan fingerprint density at radius 1 is 1.44 bits per heavy atom. The van der Waals surface area contributed by atoms with E-state index in [0.29, 0.717) is 22.4 Å². The Kier molecular flexibility index (Phi) is 3.61. The highest BCUT2D eigenvalue weighted by atomic mass is 32.2. The number of anilines is 1. The lowest BCUT2D eigenvalue weighted by atomic mass is 10.3. The maximum atomic E-state index is 11.3. The van der Waals surface area contributed by atoms with Crippen LogP contribution in [0.15, 0.2) is 22.2 Å². The third-order valence-corrected chi connectivity index (χ3v) is 3.21. The largest absolute Gasteiger partial charge is 0.363 e. The summed E-state index contributed by atoms with van der Waals surface area (Å²) in [5.74, 6) is 1.86. The Morgan fingerprint density at radius 2 is 2.22 bits per heavy atom. The lowest BCUT2D eigenvalue weighted by Gasteiger charge is -2.01. The predicted octanol–water partition coefficient (Wildman–Crippen LogP) is 0.470. The summed E-state index contributed by atoms with van der Waals surface area (Å²) < 4.78 is 0. The number of aryl methyl sites for hydroxylation is 2. The van der Waals surface area contributed by atoms with Gasteiger partial charge in [-0.3, -0.25) is 4.79 Å². The van der Waals surface area contributed by atoms with Crippen LogP contribution in [0.25, 0.3) is 0 Å². The van der Waals surface area contributed by atoms with E-state index in [4.69, 9.17) is 5.73 Å². The highest BCUT2D eigenvalue weighted by Gasteiger charge is 2.10. The summed E-state index contributed by atoms with van der Waals surface area (Å²) in [4.78, 5) is 25.3. The van der Waals surface area contributed by atoms with Crippen molar-refractivity contribution in [2.75, 3.05) is 5.73 Å². The van der Waals surface area contributed by atoms with Gasteiger partial charge in [0.1, 0.15) is 0 Å². The zero-order chi connectivity index (χ0) is 13.1. The standard InChI is InChI=1S/C11H13N5OS/c1-6-3-9(17)16-11(14-6)18-5-8-4-13-7(2)15-10(8)12/h3-4H,5H2,1-2H3,(H2,12,13,15)(H,14,16,17)/p+1. The van der Waals surface area contributed by atoms with Crippen LogP contribution in [0.2, 0.25) is 0 Å². The van der Waals surface area contributed by atoms with Crippen LogP contribution in [0.3, 0.4) is 0 Å². The van der Waals surface area contributed by atoms with Gasteiger partial charge in [0.2, 0.25) is 5.82 Å². The van der Waals surface area contributed by atoms with Crippen LogP contribution >= 0.6 is 11.8 Å². The van der Waals surface area contributed by atoms with E-state index in [1.807, 2.05) is 13.1 Å². The van der Waals surface area contributed by atoms with Crippen molar-refractivity contribution in [2.24, 2.45) is 0 Å². The molecule has 2 aromatic rings. The Balaban J connectivity index is 2.13. The number of thioether (sulfide) groups is 1. The van der Waals surface area contributed by atoms with Crippen molar-refractivity contribution in [3.63, 3.8) is 0 Å². The minimum absolute atomic E-state index is 0.147. The van der Waals surface area contributed by atoms with Gasteiger partial charge in [-0.15, -0.1) is 0 Å². The van der Waals surface area contributed by atoms with Crippen LogP contribution in [0.4, 0.5) is 5.82 Å². The lowest BCUT2D eigenvalue weighted by molar-refractivity contribution is -0.393. The van der Waals surface area contributed by atoms with Gasteiger partial charge >= 0.3 is 0 Å². The molecular formula is C11H14N5OS+. The molecule has 0 saturated heterocycles. The Morgan fingerprint density at radius 3 is 2.89 bits per heavy atom. The van der Waals surface area contributed by atoms with Gasteiger partial charge in [-0.25, -0.2) is 9.97 Å². The number of nitrogens with two attached hydrogens (primary N) is 1. The first-order valence-electron chi connectivity index (χ1n) is 5.39. The Labute approximate surface area is 108 Å². The van der Waals surface area contributed by atoms with E-state index in [2.05, 4.69) is 19.9 Å². The first kappa shape index (κ1) is 12.6. The minimum atomic E-state index is -0.147. The van der Waals surface area contributed by atoms with Gasteiger partial charge in [-0.05, 0) is 11.9 Å². The number of aromatic nitrogens is 4. The molecule has 2 aromatic heterocycles. The van der Waals surface area contributed by atoms with Crippen molar-refractivity contribution in [1.29, 1.82) is 0 Å². The molecule has 2 heterocycles. The van der Waals surface area contributed by atoms with Crippen molar-refractivity contribution in [1.82, 2.24) is 15.0 Å². The zero-order valence-corrected chi connectivity index (χ0v) is 11.0. The third kappa shape index (κ3) is 3.07. The summed E-state index contributed by atoms with van der Waals surface area (Å²) in [7, 11) is 0. The Hall–Kier alpha value is -1.89. The fraction of sp³-hybridized carbons (Fsp3) is 0.273. The van der Waals surface area contributed by atoms with E-state index >= 15 is 0 Å². The topological polar surface area (TPSA) is 98.8 Å². The summed E-state index contributed by atoms with van der Waals surface area (Å²) in [6, 6.07) is 1.46. The molecule has 2 rings (SSSR count). The molecule has 0 fully saturated rings. The van der Waals surface area contributed by atoms with Crippen molar-refractivity contribution in [3.05, 3.63) is 39.7 Å². The van der Waals surface area contributed by atoms with E-state index in [1.54, 1.807) is 6.92 Å². The monoisotopic (exact) mass is 264 g/mol. The van der Waals surface area contributed by atoms with Gasteiger partial charge in [-0.2, -0.15) is 0 Å². The van der Waals surface area contributed by atoms with Crippen LogP contribution in [0, 0.1) is 13.8 Å². The summed E-state index contributed by atoms with van der Waals surface area (Å²) in [6.45, 7) is 3.63. The molecule has 0 radical (unpaired) electrons. The van der Waals surface area contributed by atoms with Crippen LogP contribution in [-0.2, 0) is 5.75 Å². The maximum absolute atomic E-state index is 11.3. The molecule has 94 valence electrons. The van der Waals surface area contributed by atoms with E-state index in [1.165, 1.54) is 17.8 Å². The van der Waals surface area contributed by atoms with Crippen LogP contribution in [0.5, 0.6) is 0 Å². The molecule has 0 aromatic carbocycles. The summed E-state index contributed by atoms with van der Waals surface area (Å²) >= 11 is 1.42. The minimum Gasteiger partial charge on any atom is -0.363 e. The highest BCUT2D eigenvalue weighted by Crippen LogP contribution is 2.20. The average Bonchev–Trinajstić information content (AvgIpc) is 2.26. The molecule has 7 heteroatoms. The number of H-pyrrole nitrogens is 2.